The highest BCUT2D eigenvalue weighted by atomic mass is 35.5. The standard InChI is InChI=1S/C21H15Cl4N3O3S/c22-16-8-4-9-17(23)15(16)12-26-27-20(29)13-28(19-11-5-10-18(24)21(19)25)32(30,31)14-6-2-1-3-7-14/h1-12H,13H2,(H,27,29)/b26-12-. The van der Waals surface area contributed by atoms with Gasteiger partial charge in [0.15, 0.2) is 0 Å². The monoisotopic (exact) mass is 529 g/mol. The van der Waals surface area contributed by atoms with Gasteiger partial charge in [0, 0.05) is 5.56 Å². The number of hydrazone groups is 1. The maximum atomic E-state index is 13.3. The molecule has 0 heterocycles. The molecule has 166 valence electrons. The molecule has 3 aromatic carbocycles. The quantitative estimate of drug-likeness (QED) is 0.317. The van der Waals surface area contributed by atoms with Crippen molar-refractivity contribution in [2.24, 2.45) is 5.10 Å². The van der Waals surface area contributed by atoms with Crippen LogP contribution in [0.15, 0.2) is 76.7 Å². The van der Waals surface area contributed by atoms with Crippen LogP contribution in [0.3, 0.4) is 0 Å². The third-order valence-electron chi connectivity index (χ3n) is 4.20. The van der Waals surface area contributed by atoms with Crippen molar-refractivity contribution in [1.29, 1.82) is 0 Å². The Morgan fingerprint density at radius 3 is 2.12 bits per heavy atom. The Kier molecular flexibility index (Phi) is 8.03. The molecule has 3 rings (SSSR count). The second-order valence-corrected chi connectivity index (χ2v) is 9.79. The summed E-state index contributed by atoms with van der Waals surface area (Å²) >= 11 is 24.5. The van der Waals surface area contributed by atoms with Gasteiger partial charge in [-0.15, -0.1) is 0 Å². The number of amides is 1. The highest BCUT2D eigenvalue weighted by Gasteiger charge is 2.29. The summed E-state index contributed by atoms with van der Waals surface area (Å²) in [6.45, 7) is -0.606. The van der Waals surface area contributed by atoms with Crippen LogP contribution in [0.1, 0.15) is 5.56 Å². The van der Waals surface area contributed by atoms with Crippen molar-refractivity contribution in [3.63, 3.8) is 0 Å². The zero-order chi connectivity index (χ0) is 23.3. The van der Waals surface area contributed by atoms with Gasteiger partial charge in [-0.25, -0.2) is 13.8 Å². The lowest BCUT2D eigenvalue weighted by molar-refractivity contribution is -0.119. The summed E-state index contributed by atoms with van der Waals surface area (Å²) in [5.74, 6) is -0.722. The third kappa shape index (κ3) is 5.54. The van der Waals surface area contributed by atoms with Crippen molar-refractivity contribution in [1.82, 2.24) is 5.43 Å². The largest absolute Gasteiger partial charge is 0.271 e. The molecule has 0 unspecified atom stereocenters. The molecule has 1 N–H and O–H groups in total. The van der Waals surface area contributed by atoms with Gasteiger partial charge in [0.25, 0.3) is 15.9 Å². The third-order valence-corrected chi connectivity index (χ3v) is 7.44. The Morgan fingerprint density at radius 1 is 0.875 bits per heavy atom. The van der Waals surface area contributed by atoms with Gasteiger partial charge in [0.05, 0.1) is 36.9 Å². The van der Waals surface area contributed by atoms with E-state index in [1.165, 1.54) is 36.5 Å². The first-order valence-corrected chi connectivity index (χ1v) is 11.9. The van der Waals surface area contributed by atoms with Gasteiger partial charge in [0.1, 0.15) is 6.54 Å². The Morgan fingerprint density at radius 2 is 1.47 bits per heavy atom. The molecule has 11 heteroatoms. The van der Waals surface area contributed by atoms with Crippen molar-refractivity contribution < 1.29 is 13.2 Å². The fraction of sp³-hybridized carbons (Fsp3) is 0.0476. The molecule has 0 fully saturated rings. The second-order valence-electron chi connectivity index (χ2n) is 6.33. The SMILES string of the molecule is O=C(CN(c1cccc(Cl)c1Cl)S(=O)(=O)c1ccccc1)N/N=C\c1c(Cl)cccc1Cl. The molecule has 32 heavy (non-hydrogen) atoms. The van der Waals surface area contributed by atoms with E-state index in [-0.39, 0.29) is 20.6 Å². The van der Waals surface area contributed by atoms with Crippen molar-refractivity contribution in [2.45, 2.75) is 4.90 Å². The van der Waals surface area contributed by atoms with Crippen LogP contribution in [0, 0.1) is 0 Å². The molecule has 0 saturated heterocycles. The predicted molar refractivity (Wildman–Crippen MR) is 130 cm³/mol. The molecule has 0 radical (unpaired) electrons. The van der Waals surface area contributed by atoms with Crippen LogP contribution in [0.2, 0.25) is 20.1 Å². The molecule has 0 aliphatic heterocycles. The van der Waals surface area contributed by atoms with E-state index in [0.29, 0.717) is 15.6 Å². The molecule has 0 bridgehead atoms. The Labute approximate surface area is 205 Å². The van der Waals surface area contributed by atoms with Gasteiger partial charge in [-0.1, -0.05) is 76.7 Å². The number of hydrogen-bond donors (Lipinski definition) is 1. The number of halogens is 4. The van der Waals surface area contributed by atoms with E-state index in [4.69, 9.17) is 46.4 Å². The normalized spacial score (nSPS) is 11.5. The molecule has 0 aromatic heterocycles. The van der Waals surface area contributed by atoms with E-state index >= 15 is 0 Å². The fourth-order valence-corrected chi connectivity index (χ4v) is 5.07. The number of carbonyl (C=O) groups is 1. The summed E-state index contributed by atoms with van der Waals surface area (Å²) in [5.41, 5.74) is 2.73. The van der Waals surface area contributed by atoms with Crippen LogP contribution in [0.4, 0.5) is 5.69 Å². The molecule has 0 aliphatic carbocycles. The van der Waals surface area contributed by atoms with Crippen LogP contribution < -0.4 is 9.73 Å². The molecule has 0 spiro atoms. The minimum atomic E-state index is -4.14. The number of benzene rings is 3. The smallest absolute Gasteiger partial charge is 0.264 e. The summed E-state index contributed by atoms with van der Waals surface area (Å²) in [5, 5.41) is 4.65. The van der Waals surface area contributed by atoms with Gasteiger partial charge in [-0.2, -0.15) is 5.10 Å². The van der Waals surface area contributed by atoms with Gasteiger partial charge in [-0.05, 0) is 36.4 Å². The first-order chi connectivity index (χ1) is 15.2. The van der Waals surface area contributed by atoms with Crippen molar-refractivity contribution in [3.8, 4) is 0 Å². The summed E-state index contributed by atoms with van der Waals surface area (Å²) in [6, 6.07) is 17.0. The summed E-state index contributed by atoms with van der Waals surface area (Å²) in [4.78, 5) is 12.6. The topological polar surface area (TPSA) is 78.8 Å². The molecule has 3 aromatic rings. The zero-order valence-electron chi connectivity index (χ0n) is 16.2. The first-order valence-electron chi connectivity index (χ1n) is 8.99. The Hall–Kier alpha value is -2.29. The lowest BCUT2D eigenvalue weighted by Crippen LogP contribution is -2.39. The second kappa shape index (κ2) is 10.6. The minimum absolute atomic E-state index is 0.00665. The van der Waals surface area contributed by atoms with Crippen LogP contribution in [0.25, 0.3) is 0 Å². The number of rotatable bonds is 7. The molecule has 0 atom stereocenters. The lowest BCUT2D eigenvalue weighted by atomic mass is 10.2. The molecular weight excluding hydrogens is 516 g/mol. The van der Waals surface area contributed by atoms with Gasteiger partial charge >= 0.3 is 0 Å². The van der Waals surface area contributed by atoms with Crippen LogP contribution >= 0.6 is 46.4 Å². The number of nitrogens with zero attached hydrogens (tertiary/aromatic N) is 2. The number of nitrogens with one attached hydrogen (secondary N) is 1. The van der Waals surface area contributed by atoms with Gasteiger partial charge in [-0.3, -0.25) is 9.10 Å². The van der Waals surface area contributed by atoms with E-state index in [2.05, 4.69) is 10.5 Å². The van der Waals surface area contributed by atoms with E-state index in [0.717, 1.165) is 4.31 Å². The fourth-order valence-electron chi connectivity index (χ4n) is 2.67. The van der Waals surface area contributed by atoms with Crippen LogP contribution in [0.5, 0.6) is 0 Å². The summed E-state index contributed by atoms with van der Waals surface area (Å²) in [6.07, 6.45) is 1.27. The van der Waals surface area contributed by atoms with Crippen molar-refractivity contribution in [2.75, 3.05) is 10.8 Å². The van der Waals surface area contributed by atoms with E-state index in [9.17, 15) is 13.2 Å². The summed E-state index contributed by atoms with van der Waals surface area (Å²) in [7, 11) is -4.14. The van der Waals surface area contributed by atoms with Crippen molar-refractivity contribution in [3.05, 3.63) is 92.4 Å². The Balaban J connectivity index is 1.90. The van der Waals surface area contributed by atoms with Gasteiger partial charge in [0.2, 0.25) is 0 Å². The average Bonchev–Trinajstić information content (AvgIpc) is 2.77. The van der Waals surface area contributed by atoms with E-state index in [1.807, 2.05) is 0 Å². The van der Waals surface area contributed by atoms with Crippen LogP contribution in [-0.4, -0.2) is 27.1 Å². The summed E-state index contributed by atoms with van der Waals surface area (Å²) < 4.78 is 27.4. The molecular formula is C21H15Cl4N3O3S. The molecule has 0 saturated carbocycles. The average molecular weight is 531 g/mol. The van der Waals surface area contributed by atoms with E-state index in [1.54, 1.807) is 36.4 Å². The van der Waals surface area contributed by atoms with Crippen molar-refractivity contribution >= 4 is 74.2 Å². The molecule has 6 nitrogen and oxygen atoms in total. The van der Waals surface area contributed by atoms with E-state index < -0.39 is 22.5 Å². The number of anilines is 1. The highest BCUT2D eigenvalue weighted by molar-refractivity contribution is 7.92. The first kappa shape index (κ1) is 24.4. The van der Waals surface area contributed by atoms with Gasteiger partial charge < -0.3 is 0 Å². The minimum Gasteiger partial charge on any atom is -0.271 e. The molecule has 0 aliphatic rings. The number of carbonyl (C=O) groups excluding carboxylic acids is 1. The highest BCUT2D eigenvalue weighted by Crippen LogP contribution is 2.35. The lowest BCUT2D eigenvalue weighted by Gasteiger charge is -2.24. The Bertz CT molecular complexity index is 1250. The zero-order valence-corrected chi connectivity index (χ0v) is 20.0. The maximum Gasteiger partial charge on any atom is 0.264 e. The number of sulfonamides is 1. The molecule has 1 amide bonds. The maximum absolute atomic E-state index is 13.3. The predicted octanol–water partition coefficient (Wildman–Crippen LogP) is 5.65. The number of hydrogen-bond acceptors (Lipinski definition) is 4. The van der Waals surface area contributed by atoms with Crippen LogP contribution in [-0.2, 0) is 14.8 Å².